The van der Waals surface area contributed by atoms with Crippen molar-refractivity contribution in [3.8, 4) is 0 Å². The highest BCUT2D eigenvalue weighted by atomic mass is 16.4. The van der Waals surface area contributed by atoms with Gasteiger partial charge in [-0.25, -0.2) is 0 Å². The molecule has 112 valence electrons. The van der Waals surface area contributed by atoms with Crippen LogP contribution in [0.3, 0.4) is 0 Å². The second-order valence-electron chi connectivity index (χ2n) is 5.49. The quantitative estimate of drug-likeness (QED) is 0.870. The fourth-order valence-electron chi connectivity index (χ4n) is 1.94. The van der Waals surface area contributed by atoms with E-state index in [4.69, 9.17) is 9.52 Å². The van der Waals surface area contributed by atoms with Crippen molar-refractivity contribution in [2.75, 3.05) is 0 Å². The average Bonchev–Trinajstić information content (AvgIpc) is 2.78. The first-order valence-corrected chi connectivity index (χ1v) is 6.82. The number of carboxylic acid groups (broad SMARTS) is 1. The van der Waals surface area contributed by atoms with Crippen molar-refractivity contribution < 1.29 is 19.1 Å². The van der Waals surface area contributed by atoms with E-state index in [0.717, 1.165) is 5.76 Å². The zero-order valence-corrected chi connectivity index (χ0v) is 12.7. The molecular formula is C15H23NO4. The predicted octanol–water partition coefficient (Wildman–Crippen LogP) is 2.68. The summed E-state index contributed by atoms with van der Waals surface area (Å²) in [5, 5.41) is 9.03. The maximum atomic E-state index is 12.5. The number of aliphatic carboxylic acids is 1. The summed E-state index contributed by atoms with van der Waals surface area (Å²) in [5.74, 6) is -0.886. The summed E-state index contributed by atoms with van der Waals surface area (Å²) < 4.78 is 5.49. The number of carboxylic acids is 1. The van der Waals surface area contributed by atoms with E-state index in [2.05, 4.69) is 0 Å². The van der Waals surface area contributed by atoms with Gasteiger partial charge in [-0.2, -0.15) is 0 Å². The molecule has 0 aliphatic heterocycles. The van der Waals surface area contributed by atoms with E-state index in [9.17, 15) is 9.59 Å². The largest absolute Gasteiger partial charge is 0.481 e. The zero-order valence-electron chi connectivity index (χ0n) is 12.7. The number of hydrogen-bond acceptors (Lipinski definition) is 3. The van der Waals surface area contributed by atoms with Gasteiger partial charge in [0.05, 0.1) is 12.5 Å². The van der Waals surface area contributed by atoms with Gasteiger partial charge in [0.2, 0.25) is 5.91 Å². The maximum Gasteiger partial charge on any atom is 0.307 e. The molecule has 1 amide bonds. The molecule has 0 aliphatic rings. The van der Waals surface area contributed by atoms with Crippen LogP contribution in [-0.2, 0) is 16.1 Å². The van der Waals surface area contributed by atoms with Gasteiger partial charge in [-0.1, -0.05) is 13.8 Å². The first-order chi connectivity index (χ1) is 9.23. The summed E-state index contributed by atoms with van der Waals surface area (Å²) in [6.07, 6.45) is 0. The Bertz CT molecular complexity index is 478. The second kappa shape index (κ2) is 6.59. The summed E-state index contributed by atoms with van der Waals surface area (Å²) in [7, 11) is 0. The van der Waals surface area contributed by atoms with Crippen LogP contribution in [0.5, 0.6) is 0 Å². The third-order valence-electron chi connectivity index (χ3n) is 3.56. The topological polar surface area (TPSA) is 70.8 Å². The van der Waals surface area contributed by atoms with Gasteiger partial charge in [0.1, 0.15) is 11.5 Å². The van der Waals surface area contributed by atoms with Gasteiger partial charge in [0, 0.05) is 12.0 Å². The standard InChI is InChI=1S/C15H23NO4/c1-9(2)16(8-13-7-6-10(3)20-13)14(17)11(4)12(5)15(18)19/h6-7,9,11-12H,8H2,1-5H3,(H,18,19). The Balaban J connectivity index is 2.85. The Morgan fingerprint density at radius 3 is 2.20 bits per heavy atom. The molecule has 0 aliphatic carbocycles. The molecule has 0 aromatic carbocycles. The monoisotopic (exact) mass is 281 g/mol. The van der Waals surface area contributed by atoms with Crippen molar-refractivity contribution in [3.63, 3.8) is 0 Å². The fourth-order valence-corrected chi connectivity index (χ4v) is 1.94. The van der Waals surface area contributed by atoms with Crippen LogP contribution in [-0.4, -0.2) is 27.9 Å². The van der Waals surface area contributed by atoms with Crippen LogP contribution < -0.4 is 0 Å². The van der Waals surface area contributed by atoms with Gasteiger partial charge in [-0.05, 0) is 32.9 Å². The molecule has 2 unspecified atom stereocenters. The van der Waals surface area contributed by atoms with Crippen molar-refractivity contribution >= 4 is 11.9 Å². The van der Waals surface area contributed by atoms with E-state index in [-0.39, 0.29) is 11.9 Å². The third kappa shape index (κ3) is 3.85. The summed E-state index contributed by atoms with van der Waals surface area (Å²) in [6.45, 7) is 9.24. The average molecular weight is 281 g/mol. The number of rotatable bonds is 6. The molecule has 0 fully saturated rings. The van der Waals surface area contributed by atoms with Crippen molar-refractivity contribution in [2.24, 2.45) is 11.8 Å². The summed E-state index contributed by atoms with van der Waals surface area (Å²) in [6, 6.07) is 3.67. The van der Waals surface area contributed by atoms with Crippen LogP contribution in [0.25, 0.3) is 0 Å². The van der Waals surface area contributed by atoms with E-state index in [1.165, 1.54) is 0 Å². The predicted molar refractivity (Wildman–Crippen MR) is 75.1 cm³/mol. The number of aryl methyl sites for hydroxylation is 1. The lowest BCUT2D eigenvalue weighted by Crippen LogP contribution is -2.42. The lowest BCUT2D eigenvalue weighted by atomic mass is 9.94. The SMILES string of the molecule is Cc1ccc(CN(C(=O)C(C)C(C)C(=O)O)C(C)C)o1. The molecule has 5 nitrogen and oxygen atoms in total. The van der Waals surface area contributed by atoms with Gasteiger partial charge in [-0.15, -0.1) is 0 Å². The number of carbonyl (C=O) groups excluding carboxylic acids is 1. The number of hydrogen-bond donors (Lipinski definition) is 1. The van der Waals surface area contributed by atoms with Gasteiger partial charge >= 0.3 is 5.97 Å². The summed E-state index contributed by atoms with van der Waals surface area (Å²) in [5.41, 5.74) is 0. The Morgan fingerprint density at radius 1 is 1.20 bits per heavy atom. The van der Waals surface area contributed by atoms with Crippen LogP contribution in [0.1, 0.15) is 39.2 Å². The van der Waals surface area contributed by atoms with E-state index in [1.807, 2.05) is 32.9 Å². The van der Waals surface area contributed by atoms with Crippen LogP contribution in [0.15, 0.2) is 16.5 Å². The molecule has 1 rings (SSSR count). The highest BCUT2D eigenvalue weighted by molar-refractivity contribution is 5.84. The van der Waals surface area contributed by atoms with Crippen molar-refractivity contribution in [1.82, 2.24) is 4.90 Å². The minimum Gasteiger partial charge on any atom is -0.481 e. The number of amides is 1. The summed E-state index contributed by atoms with van der Waals surface area (Å²) >= 11 is 0. The Hall–Kier alpha value is -1.78. The van der Waals surface area contributed by atoms with Crippen molar-refractivity contribution in [2.45, 2.75) is 47.2 Å². The molecule has 1 aromatic heterocycles. The van der Waals surface area contributed by atoms with Crippen molar-refractivity contribution in [3.05, 3.63) is 23.7 Å². The van der Waals surface area contributed by atoms with Crippen LogP contribution >= 0.6 is 0 Å². The molecule has 1 N–H and O–H groups in total. The smallest absolute Gasteiger partial charge is 0.307 e. The van der Waals surface area contributed by atoms with Crippen LogP contribution in [0.2, 0.25) is 0 Å². The molecule has 0 saturated heterocycles. The van der Waals surface area contributed by atoms with E-state index < -0.39 is 17.8 Å². The molecule has 1 aromatic rings. The van der Waals surface area contributed by atoms with Gasteiger partial charge < -0.3 is 14.4 Å². The minimum absolute atomic E-state index is 0.0173. The Morgan fingerprint density at radius 2 is 1.80 bits per heavy atom. The second-order valence-corrected chi connectivity index (χ2v) is 5.49. The summed E-state index contributed by atoms with van der Waals surface area (Å²) in [4.78, 5) is 25.1. The third-order valence-corrected chi connectivity index (χ3v) is 3.56. The molecule has 1 heterocycles. The van der Waals surface area contributed by atoms with Gasteiger partial charge in [-0.3, -0.25) is 9.59 Å². The van der Waals surface area contributed by atoms with Crippen LogP contribution in [0.4, 0.5) is 0 Å². The highest BCUT2D eigenvalue weighted by Gasteiger charge is 2.31. The molecule has 2 atom stereocenters. The number of nitrogens with zero attached hydrogens (tertiary/aromatic N) is 1. The molecule has 0 spiro atoms. The van der Waals surface area contributed by atoms with E-state index in [1.54, 1.807) is 18.7 Å². The van der Waals surface area contributed by atoms with Gasteiger partial charge in [0.25, 0.3) is 0 Å². The Kier molecular flexibility index (Phi) is 5.36. The Labute approximate surface area is 119 Å². The lowest BCUT2D eigenvalue weighted by molar-refractivity contribution is -0.150. The first kappa shape index (κ1) is 16.3. The normalized spacial score (nSPS) is 14.1. The minimum atomic E-state index is -0.955. The first-order valence-electron chi connectivity index (χ1n) is 6.82. The highest BCUT2D eigenvalue weighted by Crippen LogP contribution is 2.19. The molecular weight excluding hydrogens is 258 g/mol. The van der Waals surface area contributed by atoms with Gasteiger partial charge in [0.15, 0.2) is 0 Å². The van der Waals surface area contributed by atoms with Crippen LogP contribution in [0, 0.1) is 18.8 Å². The molecule has 0 saturated carbocycles. The fraction of sp³-hybridized carbons (Fsp3) is 0.600. The maximum absolute atomic E-state index is 12.5. The lowest BCUT2D eigenvalue weighted by Gasteiger charge is -2.30. The number of carbonyl (C=O) groups is 2. The molecule has 5 heteroatoms. The molecule has 0 radical (unpaired) electrons. The zero-order chi connectivity index (χ0) is 15.4. The number of furan rings is 1. The van der Waals surface area contributed by atoms with E-state index >= 15 is 0 Å². The van der Waals surface area contributed by atoms with Crippen molar-refractivity contribution in [1.29, 1.82) is 0 Å². The van der Waals surface area contributed by atoms with E-state index in [0.29, 0.717) is 12.3 Å². The molecule has 0 bridgehead atoms. The molecule has 20 heavy (non-hydrogen) atoms.